The fourth-order valence-corrected chi connectivity index (χ4v) is 6.48. The van der Waals surface area contributed by atoms with E-state index in [0.717, 1.165) is 44.9 Å². The lowest BCUT2D eigenvalue weighted by Crippen LogP contribution is -2.56. The third kappa shape index (κ3) is 2.80. The Morgan fingerprint density at radius 3 is 2.00 bits per heavy atom. The third-order valence-electron chi connectivity index (χ3n) is 8.15. The van der Waals surface area contributed by atoms with Crippen LogP contribution in [0, 0.1) is 35.5 Å². The van der Waals surface area contributed by atoms with Gasteiger partial charge in [0.1, 0.15) is 0 Å². The summed E-state index contributed by atoms with van der Waals surface area (Å²) in [6, 6.07) is 0. The van der Waals surface area contributed by atoms with Crippen LogP contribution in [0.15, 0.2) is 12.2 Å². The summed E-state index contributed by atoms with van der Waals surface area (Å²) >= 11 is 0. The number of rotatable bonds is 2. The summed E-state index contributed by atoms with van der Waals surface area (Å²) in [5, 5.41) is 0. The van der Waals surface area contributed by atoms with Gasteiger partial charge in [0.15, 0.2) is 0 Å². The second-order valence-electron chi connectivity index (χ2n) is 9.43. The first kappa shape index (κ1) is 16.8. The molecule has 26 heavy (non-hydrogen) atoms. The van der Waals surface area contributed by atoms with E-state index >= 15 is 0 Å². The molecular weight excluding hydrogens is 324 g/mol. The number of carbonyl (C=O) groups is 2. The molecule has 0 N–H and O–H groups in total. The van der Waals surface area contributed by atoms with E-state index in [1.165, 1.54) is 38.5 Å². The second kappa shape index (κ2) is 6.69. The zero-order valence-corrected chi connectivity index (χ0v) is 15.8. The van der Waals surface area contributed by atoms with E-state index in [2.05, 4.69) is 17.1 Å². The third-order valence-corrected chi connectivity index (χ3v) is 8.15. The van der Waals surface area contributed by atoms with Crippen LogP contribution in [0.1, 0.15) is 51.4 Å². The van der Waals surface area contributed by atoms with E-state index in [0.29, 0.717) is 35.5 Å². The molecule has 1 aliphatic heterocycles. The molecule has 0 unspecified atom stereocenters. The number of allylic oxidation sites excluding steroid dienone is 2. The van der Waals surface area contributed by atoms with Crippen LogP contribution in [0.4, 0.5) is 0 Å². The highest BCUT2D eigenvalue weighted by Crippen LogP contribution is 2.50. The largest absolute Gasteiger partial charge is 0.339 e. The quantitative estimate of drug-likeness (QED) is 0.714. The Kier molecular flexibility index (Phi) is 4.33. The number of amides is 2. The summed E-state index contributed by atoms with van der Waals surface area (Å²) in [5.41, 5.74) is 0. The van der Waals surface area contributed by atoms with Gasteiger partial charge in [0.2, 0.25) is 11.8 Å². The molecule has 6 atom stereocenters. The molecule has 6 rings (SSSR count). The number of piperazine rings is 1. The summed E-state index contributed by atoms with van der Waals surface area (Å²) in [6.07, 6.45) is 14.5. The highest BCUT2D eigenvalue weighted by Gasteiger charge is 2.47. The molecule has 142 valence electrons. The van der Waals surface area contributed by atoms with Gasteiger partial charge in [0, 0.05) is 38.0 Å². The minimum Gasteiger partial charge on any atom is -0.339 e. The summed E-state index contributed by atoms with van der Waals surface area (Å²) in [4.78, 5) is 30.0. The van der Waals surface area contributed by atoms with Crippen LogP contribution in [-0.2, 0) is 9.59 Å². The van der Waals surface area contributed by atoms with E-state index in [-0.39, 0.29) is 5.92 Å². The Labute approximate surface area is 157 Å². The van der Waals surface area contributed by atoms with E-state index in [1.807, 2.05) is 4.90 Å². The Bertz CT molecular complexity index is 607. The predicted molar refractivity (Wildman–Crippen MR) is 100 cm³/mol. The van der Waals surface area contributed by atoms with Crippen LogP contribution in [0.2, 0.25) is 0 Å². The molecule has 0 spiro atoms. The van der Waals surface area contributed by atoms with Crippen LogP contribution in [0.3, 0.4) is 0 Å². The number of carbonyl (C=O) groups excluding carboxylic acids is 2. The van der Waals surface area contributed by atoms with Gasteiger partial charge in [0.05, 0.1) is 0 Å². The lowest BCUT2D eigenvalue weighted by molar-refractivity contribution is -0.152. The topological polar surface area (TPSA) is 40.6 Å². The maximum atomic E-state index is 13.0. The molecule has 4 heteroatoms. The fourth-order valence-electron chi connectivity index (χ4n) is 6.48. The summed E-state index contributed by atoms with van der Waals surface area (Å²) < 4.78 is 0. The lowest BCUT2D eigenvalue weighted by Gasteiger charge is -2.49. The van der Waals surface area contributed by atoms with Crippen LogP contribution in [0.5, 0.6) is 0 Å². The minimum absolute atomic E-state index is 0.204. The maximum Gasteiger partial charge on any atom is 0.226 e. The highest BCUT2D eigenvalue weighted by molar-refractivity contribution is 5.82. The van der Waals surface area contributed by atoms with Crippen LogP contribution in [-0.4, -0.2) is 47.8 Å². The Morgan fingerprint density at radius 2 is 1.42 bits per heavy atom. The van der Waals surface area contributed by atoms with Crippen molar-refractivity contribution in [2.75, 3.05) is 26.2 Å². The van der Waals surface area contributed by atoms with Crippen molar-refractivity contribution in [3.63, 3.8) is 0 Å². The average molecular weight is 357 g/mol. The molecule has 2 amide bonds. The van der Waals surface area contributed by atoms with Crippen molar-refractivity contribution in [1.82, 2.24) is 9.80 Å². The van der Waals surface area contributed by atoms with Crippen LogP contribution in [0.25, 0.3) is 0 Å². The van der Waals surface area contributed by atoms with Crippen molar-refractivity contribution >= 4 is 11.8 Å². The molecule has 2 bridgehead atoms. The summed E-state index contributed by atoms with van der Waals surface area (Å²) in [7, 11) is 0. The SMILES string of the molecule is O=C([C@@H]1C[C@@H]2CCCC[C@@H]21)N1CCN(C(=O)[C@@H]2C[C@@H]3C=C[C@H]2CC3)CC1. The highest BCUT2D eigenvalue weighted by atomic mass is 16.2. The monoisotopic (exact) mass is 356 g/mol. The van der Waals surface area contributed by atoms with Gasteiger partial charge in [-0.1, -0.05) is 31.4 Å². The normalized spacial score (nSPS) is 41.5. The fraction of sp³-hybridized carbons (Fsp3) is 0.818. The molecule has 3 saturated carbocycles. The van der Waals surface area contributed by atoms with Crippen molar-refractivity contribution in [3.05, 3.63) is 12.2 Å². The molecule has 0 aromatic carbocycles. The van der Waals surface area contributed by atoms with E-state index in [4.69, 9.17) is 0 Å². The van der Waals surface area contributed by atoms with Gasteiger partial charge in [-0.25, -0.2) is 0 Å². The minimum atomic E-state index is 0.204. The van der Waals surface area contributed by atoms with Gasteiger partial charge in [-0.3, -0.25) is 9.59 Å². The van der Waals surface area contributed by atoms with Crippen molar-refractivity contribution in [2.45, 2.75) is 51.4 Å². The maximum absolute atomic E-state index is 13.0. The molecule has 6 aliphatic rings. The second-order valence-corrected chi connectivity index (χ2v) is 9.43. The van der Waals surface area contributed by atoms with Gasteiger partial charge in [-0.05, 0) is 55.8 Å². The molecular formula is C22H32N2O2. The summed E-state index contributed by atoms with van der Waals surface area (Å²) in [5.74, 6) is 3.82. The standard InChI is InChI=1S/C22H32N2O2/c25-21(19-13-15-5-7-16(19)8-6-15)23-9-11-24(12-10-23)22(26)20-14-17-3-1-2-4-18(17)20/h5,7,15-20H,1-4,6,8-14H2/t15-,16+,17+,18+,19-,20-/m1/s1. The zero-order chi connectivity index (χ0) is 17.7. The molecule has 1 heterocycles. The van der Waals surface area contributed by atoms with Crippen molar-refractivity contribution in [2.24, 2.45) is 35.5 Å². The molecule has 1 saturated heterocycles. The molecule has 5 aliphatic carbocycles. The van der Waals surface area contributed by atoms with Gasteiger partial charge in [-0.2, -0.15) is 0 Å². The Balaban J connectivity index is 1.15. The van der Waals surface area contributed by atoms with Gasteiger partial charge >= 0.3 is 0 Å². The lowest BCUT2D eigenvalue weighted by atomic mass is 9.58. The van der Waals surface area contributed by atoms with Crippen LogP contribution < -0.4 is 0 Å². The first-order valence-corrected chi connectivity index (χ1v) is 11.0. The van der Waals surface area contributed by atoms with E-state index < -0.39 is 0 Å². The number of hydrogen-bond acceptors (Lipinski definition) is 2. The Morgan fingerprint density at radius 1 is 0.731 bits per heavy atom. The molecule has 4 fully saturated rings. The zero-order valence-electron chi connectivity index (χ0n) is 15.8. The predicted octanol–water partition coefficient (Wildman–Crippen LogP) is 3.09. The first-order chi connectivity index (χ1) is 12.7. The van der Waals surface area contributed by atoms with Gasteiger partial charge < -0.3 is 9.80 Å². The molecule has 4 nitrogen and oxygen atoms in total. The number of hydrogen-bond donors (Lipinski definition) is 0. The summed E-state index contributed by atoms with van der Waals surface area (Å²) in [6.45, 7) is 2.97. The van der Waals surface area contributed by atoms with Crippen molar-refractivity contribution in [1.29, 1.82) is 0 Å². The molecule has 0 radical (unpaired) electrons. The molecule has 0 aromatic rings. The van der Waals surface area contributed by atoms with E-state index in [9.17, 15) is 9.59 Å². The van der Waals surface area contributed by atoms with Gasteiger partial charge in [-0.15, -0.1) is 0 Å². The smallest absolute Gasteiger partial charge is 0.226 e. The molecule has 0 aromatic heterocycles. The Hall–Kier alpha value is -1.32. The van der Waals surface area contributed by atoms with Crippen molar-refractivity contribution in [3.8, 4) is 0 Å². The first-order valence-electron chi connectivity index (χ1n) is 11.0. The number of fused-ring (bicyclic) bond motifs is 3. The van der Waals surface area contributed by atoms with Gasteiger partial charge in [0.25, 0.3) is 0 Å². The van der Waals surface area contributed by atoms with Crippen molar-refractivity contribution < 1.29 is 9.59 Å². The average Bonchev–Trinajstić information content (AvgIpc) is 2.69. The number of nitrogens with zero attached hydrogens (tertiary/aromatic N) is 2. The van der Waals surface area contributed by atoms with Crippen LogP contribution >= 0.6 is 0 Å². The van der Waals surface area contributed by atoms with E-state index in [1.54, 1.807) is 0 Å².